The monoisotopic (exact) mass is 208 g/mol. The molecule has 1 heterocycles. The van der Waals surface area contributed by atoms with Gasteiger partial charge < -0.3 is 10.6 Å². The Morgan fingerprint density at radius 2 is 1.93 bits per heavy atom. The zero-order chi connectivity index (χ0) is 10.7. The second-order valence-corrected chi connectivity index (χ2v) is 4.05. The highest BCUT2D eigenvalue weighted by molar-refractivity contribution is 5.49. The van der Waals surface area contributed by atoms with E-state index in [0.717, 1.165) is 30.8 Å². The molecule has 0 spiro atoms. The van der Waals surface area contributed by atoms with Gasteiger partial charge in [-0.1, -0.05) is 0 Å². The third-order valence-electron chi connectivity index (χ3n) is 2.85. The van der Waals surface area contributed by atoms with Gasteiger partial charge in [-0.25, -0.2) is 4.39 Å². The summed E-state index contributed by atoms with van der Waals surface area (Å²) in [6, 6.07) is 5.25. The molecule has 0 aliphatic carbocycles. The molecule has 1 aromatic carbocycles. The van der Waals surface area contributed by atoms with E-state index in [4.69, 9.17) is 5.73 Å². The Kier molecular flexibility index (Phi) is 3.21. The second-order valence-electron chi connectivity index (χ2n) is 4.05. The predicted octanol–water partition coefficient (Wildman–Crippen LogP) is 1.93. The van der Waals surface area contributed by atoms with Crippen LogP contribution in [0.25, 0.3) is 0 Å². The first-order chi connectivity index (χ1) is 7.29. The third kappa shape index (κ3) is 2.48. The quantitative estimate of drug-likeness (QED) is 0.822. The number of nitrogens with two attached hydrogens (primary N) is 1. The number of anilines is 1. The summed E-state index contributed by atoms with van der Waals surface area (Å²) in [6.07, 6.45) is 3.17. The van der Waals surface area contributed by atoms with Gasteiger partial charge in [0, 0.05) is 18.8 Å². The fraction of sp³-hybridized carbons (Fsp3) is 0.500. The molecule has 2 rings (SSSR count). The Bertz CT molecular complexity index is 332. The highest BCUT2D eigenvalue weighted by Gasteiger charge is 2.13. The lowest BCUT2D eigenvalue weighted by Gasteiger charge is -2.18. The molecule has 0 atom stereocenters. The molecule has 0 radical (unpaired) electrons. The minimum absolute atomic E-state index is 0.150. The van der Waals surface area contributed by atoms with Crippen molar-refractivity contribution in [3.8, 4) is 0 Å². The Morgan fingerprint density at radius 1 is 1.20 bits per heavy atom. The van der Waals surface area contributed by atoms with E-state index in [-0.39, 0.29) is 5.82 Å². The predicted molar refractivity (Wildman–Crippen MR) is 60.6 cm³/mol. The van der Waals surface area contributed by atoms with Crippen molar-refractivity contribution in [2.75, 3.05) is 24.5 Å². The fourth-order valence-corrected chi connectivity index (χ4v) is 2.10. The van der Waals surface area contributed by atoms with Crippen molar-refractivity contribution in [3.05, 3.63) is 29.6 Å². The Balaban J connectivity index is 2.22. The number of benzene rings is 1. The molecule has 15 heavy (non-hydrogen) atoms. The summed E-state index contributed by atoms with van der Waals surface area (Å²) in [6.45, 7) is 2.67. The Hall–Kier alpha value is -1.09. The van der Waals surface area contributed by atoms with Gasteiger partial charge in [0.15, 0.2) is 0 Å². The van der Waals surface area contributed by atoms with Crippen LogP contribution in [-0.2, 0) is 6.42 Å². The molecule has 1 saturated heterocycles. The largest absolute Gasteiger partial charge is 0.371 e. The van der Waals surface area contributed by atoms with Gasteiger partial charge in [-0.05, 0) is 49.6 Å². The van der Waals surface area contributed by atoms with E-state index in [9.17, 15) is 4.39 Å². The first-order valence-corrected chi connectivity index (χ1v) is 5.54. The van der Waals surface area contributed by atoms with Crippen molar-refractivity contribution in [2.24, 2.45) is 5.73 Å². The van der Waals surface area contributed by atoms with Crippen LogP contribution in [0.3, 0.4) is 0 Å². The SMILES string of the molecule is NCCc1cc(F)cc(N2CCCC2)c1. The molecule has 0 aromatic heterocycles. The Morgan fingerprint density at radius 3 is 2.60 bits per heavy atom. The van der Waals surface area contributed by atoms with Crippen molar-refractivity contribution < 1.29 is 4.39 Å². The molecule has 1 aliphatic heterocycles. The molecule has 1 aliphatic rings. The van der Waals surface area contributed by atoms with E-state index in [2.05, 4.69) is 11.0 Å². The van der Waals surface area contributed by atoms with E-state index in [0.29, 0.717) is 6.54 Å². The van der Waals surface area contributed by atoms with Crippen LogP contribution in [0, 0.1) is 5.82 Å². The number of halogens is 1. The van der Waals surface area contributed by atoms with Gasteiger partial charge in [-0.3, -0.25) is 0 Å². The van der Waals surface area contributed by atoms with Gasteiger partial charge >= 0.3 is 0 Å². The zero-order valence-corrected chi connectivity index (χ0v) is 8.88. The first-order valence-electron chi connectivity index (χ1n) is 5.54. The summed E-state index contributed by atoms with van der Waals surface area (Å²) in [4.78, 5) is 2.24. The fourth-order valence-electron chi connectivity index (χ4n) is 2.10. The molecule has 2 N–H and O–H groups in total. The van der Waals surface area contributed by atoms with Gasteiger partial charge in [-0.2, -0.15) is 0 Å². The number of hydrogen-bond acceptors (Lipinski definition) is 2. The molecule has 0 amide bonds. The van der Waals surface area contributed by atoms with Crippen LogP contribution in [0.1, 0.15) is 18.4 Å². The normalized spacial score (nSPS) is 16.0. The Labute approximate surface area is 89.9 Å². The van der Waals surface area contributed by atoms with E-state index >= 15 is 0 Å². The lowest BCUT2D eigenvalue weighted by molar-refractivity contribution is 0.624. The molecule has 1 aromatic rings. The van der Waals surface area contributed by atoms with Gasteiger partial charge in [-0.15, -0.1) is 0 Å². The van der Waals surface area contributed by atoms with Crippen LogP contribution in [0.5, 0.6) is 0 Å². The standard InChI is InChI=1S/C12H17FN2/c13-11-7-10(3-4-14)8-12(9-11)15-5-1-2-6-15/h7-9H,1-6,14H2. The maximum Gasteiger partial charge on any atom is 0.125 e. The van der Waals surface area contributed by atoms with Crippen molar-refractivity contribution in [2.45, 2.75) is 19.3 Å². The molecular formula is C12H17FN2. The number of nitrogens with zero attached hydrogens (tertiary/aromatic N) is 1. The molecule has 82 valence electrons. The molecule has 0 bridgehead atoms. The van der Waals surface area contributed by atoms with Crippen molar-refractivity contribution in [1.29, 1.82) is 0 Å². The van der Waals surface area contributed by atoms with Gasteiger partial charge in [0.25, 0.3) is 0 Å². The van der Waals surface area contributed by atoms with Crippen LogP contribution < -0.4 is 10.6 Å². The molecule has 0 saturated carbocycles. The molecule has 3 heteroatoms. The smallest absolute Gasteiger partial charge is 0.125 e. The summed E-state index contributed by atoms with van der Waals surface area (Å²) >= 11 is 0. The number of rotatable bonds is 3. The van der Waals surface area contributed by atoms with Gasteiger partial charge in [0.2, 0.25) is 0 Å². The average Bonchev–Trinajstić information content (AvgIpc) is 2.70. The summed E-state index contributed by atoms with van der Waals surface area (Å²) < 4.78 is 13.3. The van der Waals surface area contributed by atoms with E-state index in [1.807, 2.05) is 0 Å². The molecule has 2 nitrogen and oxygen atoms in total. The van der Waals surface area contributed by atoms with Crippen molar-refractivity contribution >= 4 is 5.69 Å². The summed E-state index contributed by atoms with van der Waals surface area (Å²) in [5, 5.41) is 0. The van der Waals surface area contributed by atoms with Crippen LogP contribution in [-0.4, -0.2) is 19.6 Å². The topological polar surface area (TPSA) is 29.3 Å². The summed E-state index contributed by atoms with van der Waals surface area (Å²) in [5.74, 6) is -0.150. The second kappa shape index (κ2) is 4.62. The van der Waals surface area contributed by atoms with Crippen molar-refractivity contribution in [1.82, 2.24) is 0 Å². The van der Waals surface area contributed by atoms with Crippen LogP contribution >= 0.6 is 0 Å². The highest BCUT2D eigenvalue weighted by atomic mass is 19.1. The van der Waals surface area contributed by atoms with Crippen LogP contribution in [0.2, 0.25) is 0 Å². The highest BCUT2D eigenvalue weighted by Crippen LogP contribution is 2.22. The molecular weight excluding hydrogens is 191 g/mol. The summed E-state index contributed by atoms with van der Waals surface area (Å²) in [5.41, 5.74) is 7.49. The van der Waals surface area contributed by atoms with Gasteiger partial charge in [0.05, 0.1) is 0 Å². The van der Waals surface area contributed by atoms with Gasteiger partial charge in [0.1, 0.15) is 5.82 Å². The van der Waals surface area contributed by atoms with E-state index < -0.39 is 0 Å². The maximum absolute atomic E-state index is 13.3. The van der Waals surface area contributed by atoms with E-state index in [1.54, 1.807) is 12.1 Å². The molecule has 0 unspecified atom stereocenters. The first kappa shape index (κ1) is 10.4. The van der Waals surface area contributed by atoms with Crippen LogP contribution in [0.4, 0.5) is 10.1 Å². The molecule has 1 fully saturated rings. The summed E-state index contributed by atoms with van der Waals surface area (Å²) in [7, 11) is 0. The number of hydrogen-bond donors (Lipinski definition) is 1. The zero-order valence-electron chi connectivity index (χ0n) is 8.88. The lowest BCUT2D eigenvalue weighted by Crippen LogP contribution is -2.18. The van der Waals surface area contributed by atoms with Crippen molar-refractivity contribution in [3.63, 3.8) is 0 Å². The minimum atomic E-state index is -0.150. The minimum Gasteiger partial charge on any atom is -0.371 e. The third-order valence-corrected chi connectivity index (χ3v) is 2.85. The maximum atomic E-state index is 13.3. The average molecular weight is 208 g/mol. The van der Waals surface area contributed by atoms with Crippen LogP contribution in [0.15, 0.2) is 18.2 Å². The lowest BCUT2D eigenvalue weighted by atomic mass is 10.1. The van der Waals surface area contributed by atoms with E-state index in [1.165, 1.54) is 12.8 Å².